The van der Waals surface area contributed by atoms with Crippen molar-refractivity contribution in [3.05, 3.63) is 83.4 Å². The van der Waals surface area contributed by atoms with Crippen molar-refractivity contribution in [3.8, 4) is 0 Å². The Morgan fingerprint density at radius 1 is 1.00 bits per heavy atom. The lowest BCUT2D eigenvalue weighted by molar-refractivity contribution is -0.133. The molecule has 4 heteroatoms. The molecule has 1 aliphatic rings. The molecule has 0 saturated carbocycles. The largest absolute Gasteiger partial charge is 0.352 e. The highest BCUT2D eigenvalue weighted by molar-refractivity contribution is 5.83. The molecule has 28 heavy (non-hydrogen) atoms. The summed E-state index contributed by atoms with van der Waals surface area (Å²) in [6.07, 6.45) is 1.12. The predicted octanol–water partition coefficient (Wildman–Crippen LogP) is 3.99. The minimum Gasteiger partial charge on any atom is -0.352 e. The molecule has 0 fully saturated rings. The van der Waals surface area contributed by atoms with E-state index in [4.69, 9.17) is 0 Å². The first-order chi connectivity index (χ1) is 13.6. The van der Waals surface area contributed by atoms with Crippen LogP contribution in [-0.4, -0.2) is 23.3 Å². The fourth-order valence-corrected chi connectivity index (χ4v) is 4.05. The number of carbonyl (C=O) groups excluding carboxylic acids is 2. The third-order valence-electron chi connectivity index (χ3n) is 5.50. The van der Waals surface area contributed by atoms with Crippen molar-refractivity contribution in [3.63, 3.8) is 0 Å². The first kappa shape index (κ1) is 18.2. The number of nitrogens with zero attached hydrogens (tertiary/aromatic N) is 1. The molecule has 1 N–H and O–H groups in total. The lowest BCUT2D eigenvalue weighted by Gasteiger charge is -2.36. The van der Waals surface area contributed by atoms with Crippen LogP contribution >= 0.6 is 0 Å². The molecule has 0 bridgehead atoms. The van der Waals surface area contributed by atoms with Gasteiger partial charge < -0.3 is 10.2 Å². The van der Waals surface area contributed by atoms with Crippen LogP contribution in [0.2, 0.25) is 0 Å². The van der Waals surface area contributed by atoms with Gasteiger partial charge in [0.2, 0.25) is 11.8 Å². The summed E-state index contributed by atoms with van der Waals surface area (Å²) in [5, 5.41) is 5.38. The Kier molecular flexibility index (Phi) is 5.11. The molecular weight excluding hydrogens is 348 g/mol. The summed E-state index contributed by atoms with van der Waals surface area (Å²) in [5.41, 5.74) is 3.39. The van der Waals surface area contributed by atoms with E-state index in [2.05, 4.69) is 35.6 Å². The van der Waals surface area contributed by atoms with Gasteiger partial charge in [-0.15, -0.1) is 0 Å². The fourth-order valence-electron chi connectivity index (χ4n) is 4.05. The van der Waals surface area contributed by atoms with E-state index in [0.717, 1.165) is 17.5 Å². The molecule has 0 saturated heterocycles. The Bertz CT molecular complexity index is 1030. The molecule has 3 aromatic carbocycles. The summed E-state index contributed by atoms with van der Waals surface area (Å²) in [6.45, 7) is 2.72. The summed E-state index contributed by atoms with van der Waals surface area (Å²) in [4.78, 5) is 26.6. The molecule has 1 aliphatic heterocycles. The van der Waals surface area contributed by atoms with Crippen molar-refractivity contribution in [1.29, 1.82) is 0 Å². The summed E-state index contributed by atoms with van der Waals surface area (Å²) in [6, 6.07) is 22.3. The Morgan fingerprint density at radius 3 is 2.57 bits per heavy atom. The minimum absolute atomic E-state index is 0.0156. The maximum absolute atomic E-state index is 12.7. The van der Waals surface area contributed by atoms with E-state index in [1.807, 2.05) is 41.3 Å². The molecule has 1 heterocycles. The van der Waals surface area contributed by atoms with E-state index in [1.165, 1.54) is 16.3 Å². The highest BCUT2D eigenvalue weighted by atomic mass is 16.2. The van der Waals surface area contributed by atoms with Gasteiger partial charge in [-0.2, -0.15) is 0 Å². The average Bonchev–Trinajstić information content (AvgIpc) is 2.72. The van der Waals surface area contributed by atoms with E-state index in [1.54, 1.807) is 6.92 Å². The molecule has 1 atom stereocenters. The van der Waals surface area contributed by atoms with Gasteiger partial charge in [0.1, 0.15) is 0 Å². The van der Waals surface area contributed by atoms with Crippen LogP contribution in [0.15, 0.2) is 66.7 Å². The Hall–Kier alpha value is -3.14. The topological polar surface area (TPSA) is 49.4 Å². The third kappa shape index (κ3) is 3.77. The van der Waals surface area contributed by atoms with Crippen LogP contribution < -0.4 is 5.32 Å². The van der Waals surface area contributed by atoms with Gasteiger partial charge in [0, 0.05) is 20.0 Å². The number of fused-ring (bicyclic) bond motifs is 2. The number of rotatable bonds is 4. The minimum atomic E-state index is -0.195. The molecule has 4 nitrogen and oxygen atoms in total. The monoisotopic (exact) mass is 372 g/mol. The van der Waals surface area contributed by atoms with Crippen LogP contribution in [0.4, 0.5) is 0 Å². The van der Waals surface area contributed by atoms with Crippen LogP contribution in [0, 0.1) is 0 Å². The van der Waals surface area contributed by atoms with Crippen molar-refractivity contribution in [2.45, 2.75) is 32.4 Å². The number of nitrogens with one attached hydrogen (secondary N) is 1. The molecule has 1 unspecified atom stereocenters. The molecule has 4 rings (SSSR count). The second kappa shape index (κ2) is 7.85. The number of hydrogen-bond acceptors (Lipinski definition) is 2. The maximum Gasteiger partial charge on any atom is 0.222 e. The maximum atomic E-state index is 12.7. The number of benzene rings is 3. The lowest BCUT2D eigenvalue weighted by Crippen LogP contribution is -2.41. The molecule has 2 amide bonds. The van der Waals surface area contributed by atoms with Crippen molar-refractivity contribution >= 4 is 22.6 Å². The van der Waals surface area contributed by atoms with Crippen LogP contribution in [-0.2, 0) is 22.6 Å². The van der Waals surface area contributed by atoms with E-state index >= 15 is 0 Å². The Morgan fingerprint density at radius 2 is 1.75 bits per heavy atom. The van der Waals surface area contributed by atoms with E-state index in [-0.39, 0.29) is 24.3 Å². The lowest BCUT2D eigenvalue weighted by atomic mass is 9.90. The van der Waals surface area contributed by atoms with Gasteiger partial charge in [-0.05, 0) is 39.9 Å². The van der Waals surface area contributed by atoms with Gasteiger partial charge in [0.15, 0.2) is 0 Å². The van der Waals surface area contributed by atoms with Gasteiger partial charge in [0.05, 0.1) is 12.5 Å². The van der Waals surface area contributed by atoms with Crippen LogP contribution in [0.1, 0.15) is 36.1 Å². The van der Waals surface area contributed by atoms with Gasteiger partial charge in [-0.25, -0.2) is 0 Å². The molecule has 0 aliphatic carbocycles. The van der Waals surface area contributed by atoms with E-state index in [0.29, 0.717) is 13.1 Å². The normalized spacial score (nSPS) is 15.9. The van der Waals surface area contributed by atoms with Crippen molar-refractivity contribution in [2.24, 2.45) is 0 Å². The number of carbonyl (C=O) groups is 2. The van der Waals surface area contributed by atoms with E-state index < -0.39 is 0 Å². The second-order valence-electron chi connectivity index (χ2n) is 7.34. The first-order valence-corrected chi connectivity index (χ1v) is 9.71. The molecular formula is C24H24N2O2. The summed E-state index contributed by atoms with van der Waals surface area (Å²) in [7, 11) is 0. The molecule has 142 valence electrons. The highest BCUT2D eigenvalue weighted by Crippen LogP contribution is 2.32. The molecule has 0 aromatic heterocycles. The number of hydrogen-bond donors (Lipinski definition) is 1. The van der Waals surface area contributed by atoms with Crippen LogP contribution in [0.5, 0.6) is 0 Å². The summed E-state index contributed by atoms with van der Waals surface area (Å²) in [5.74, 6) is -0.0251. The van der Waals surface area contributed by atoms with Gasteiger partial charge in [-0.1, -0.05) is 60.7 Å². The highest BCUT2D eigenvalue weighted by Gasteiger charge is 2.30. The van der Waals surface area contributed by atoms with Crippen molar-refractivity contribution in [2.75, 3.05) is 6.54 Å². The summed E-state index contributed by atoms with van der Waals surface area (Å²) >= 11 is 0. The zero-order chi connectivity index (χ0) is 19.5. The molecule has 3 aromatic rings. The zero-order valence-electron chi connectivity index (χ0n) is 16.0. The van der Waals surface area contributed by atoms with Crippen LogP contribution in [0.3, 0.4) is 0 Å². The third-order valence-corrected chi connectivity index (χ3v) is 5.50. The predicted molar refractivity (Wildman–Crippen MR) is 111 cm³/mol. The van der Waals surface area contributed by atoms with E-state index in [9.17, 15) is 9.59 Å². The van der Waals surface area contributed by atoms with Gasteiger partial charge >= 0.3 is 0 Å². The van der Waals surface area contributed by atoms with Crippen molar-refractivity contribution in [1.82, 2.24) is 10.2 Å². The Labute approximate surface area is 165 Å². The van der Waals surface area contributed by atoms with Crippen LogP contribution in [0.25, 0.3) is 10.8 Å². The SMILES string of the molecule is CC(=O)N1CCc2ccccc2C1CC(=O)NCc1ccc2ccccc2c1. The fraction of sp³-hybridized carbons (Fsp3) is 0.250. The first-order valence-electron chi connectivity index (χ1n) is 9.71. The van der Waals surface area contributed by atoms with Crippen molar-refractivity contribution < 1.29 is 9.59 Å². The molecule has 0 radical (unpaired) electrons. The Balaban J connectivity index is 1.46. The average molecular weight is 372 g/mol. The second-order valence-corrected chi connectivity index (χ2v) is 7.34. The smallest absolute Gasteiger partial charge is 0.222 e. The number of amides is 2. The standard InChI is InChI=1S/C24H24N2O2/c1-17(27)26-13-12-20-7-4-5-9-22(20)23(26)15-24(28)25-16-18-10-11-19-6-2-3-8-21(19)14-18/h2-11,14,23H,12-13,15-16H2,1H3,(H,25,28). The van der Waals surface area contributed by atoms with Gasteiger partial charge in [0.25, 0.3) is 0 Å². The quantitative estimate of drug-likeness (QED) is 0.753. The zero-order valence-corrected chi connectivity index (χ0v) is 16.0. The summed E-state index contributed by atoms with van der Waals surface area (Å²) < 4.78 is 0. The van der Waals surface area contributed by atoms with Gasteiger partial charge in [-0.3, -0.25) is 9.59 Å². The molecule has 0 spiro atoms.